The molecule has 0 fully saturated rings. The van der Waals surface area contributed by atoms with E-state index >= 15 is 0 Å². The minimum Gasteiger partial charge on any atom is -0.305 e. The molecule has 0 bridgehead atoms. The zero-order valence-corrected chi connectivity index (χ0v) is 10.9. The number of nitrogens with one attached hydrogen (secondary N) is 2. The van der Waals surface area contributed by atoms with Crippen LogP contribution in [0, 0.1) is 5.82 Å². The van der Waals surface area contributed by atoms with E-state index in [2.05, 4.69) is 15.5 Å². The van der Waals surface area contributed by atoms with Gasteiger partial charge < -0.3 is 5.32 Å². The van der Waals surface area contributed by atoms with Gasteiger partial charge in [0.1, 0.15) is 5.82 Å². The number of carbonyl (C=O) groups excluding carboxylic acids is 1. The van der Waals surface area contributed by atoms with E-state index in [1.807, 2.05) is 24.3 Å². The fraction of sp³-hybridized carbons (Fsp3) is 0. The molecular weight excluding hydrogens is 281 g/mol. The lowest BCUT2D eigenvalue weighted by Gasteiger charge is -2.03. The Hall–Kier alpha value is -2.40. The van der Waals surface area contributed by atoms with Crippen LogP contribution in [-0.2, 0) is 0 Å². The molecule has 0 aliphatic rings. The van der Waals surface area contributed by atoms with Gasteiger partial charge in [-0.05, 0) is 30.3 Å². The zero-order valence-electron chi connectivity index (χ0n) is 10.2. The average molecular weight is 290 g/mol. The van der Waals surface area contributed by atoms with Gasteiger partial charge in [-0.1, -0.05) is 23.7 Å². The topological polar surface area (TPSA) is 57.8 Å². The summed E-state index contributed by atoms with van der Waals surface area (Å²) < 4.78 is 13.1. The van der Waals surface area contributed by atoms with Gasteiger partial charge in [-0.3, -0.25) is 9.89 Å². The van der Waals surface area contributed by atoms with Crippen LogP contribution in [0.25, 0.3) is 10.9 Å². The van der Waals surface area contributed by atoms with Crippen LogP contribution in [0.15, 0.2) is 42.5 Å². The number of benzene rings is 2. The van der Waals surface area contributed by atoms with Crippen LogP contribution < -0.4 is 5.32 Å². The Labute approximate surface area is 118 Å². The van der Waals surface area contributed by atoms with E-state index in [0.717, 1.165) is 17.0 Å². The van der Waals surface area contributed by atoms with E-state index in [4.69, 9.17) is 11.6 Å². The van der Waals surface area contributed by atoms with Crippen molar-refractivity contribution in [1.29, 1.82) is 0 Å². The predicted octanol–water partition coefficient (Wildman–Crippen LogP) is 3.61. The van der Waals surface area contributed by atoms with Crippen LogP contribution in [0.4, 0.5) is 10.2 Å². The van der Waals surface area contributed by atoms with Crippen LogP contribution in [0.5, 0.6) is 0 Å². The number of aromatic nitrogens is 2. The first-order valence-corrected chi connectivity index (χ1v) is 6.22. The summed E-state index contributed by atoms with van der Waals surface area (Å²) in [7, 11) is 0. The molecule has 3 rings (SSSR count). The smallest absolute Gasteiger partial charge is 0.256 e. The summed E-state index contributed by atoms with van der Waals surface area (Å²) in [6, 6.07) is 11.2. The molecule has 4 nitrogen and oxygen atoms in total. The highest BCUT2D eigenvalue weighted by atomic mass is 35.5. The number of amides is 1. The molecule has 0 saturated carbocycles. The average Bonchev–Trinajstić information content (AvgIpc) is 2.85. The molecule has 1 amide bonds. The lowest BCUT2D eigenvalue weighted by molar-refractivity contribution is 0.102. The van der Waals surface area contributed by atoms with Gasteiger partial charge in [0.25, 0.3) is 5.91 Å². The molecule has 0 spiro atoms. The fourth-order valence-electron chi connectivity index (χ4n) is 1.88. The van der Waals surface area contributed by atoms with Gasteiger partial charge in [-0.15, -0.1) is 0 Å². The number of anilines is 1. The fourth-order valence-corrected chi connectivity index (χ4v) is 2.06. The predicted molar refractivity (Wildman–Crippen MR) is 75.5 cm³/mol. The van der Waals surface area contributed by atoms with Gasteiger partial charge >= 0.3 is 0 Å². The molecular formula is C14H9ClFN3O. The maximum absolute atomic E-state index is 13.1. The van der Waals surface area contributed by atoms with Crippen molar-refractivity contribution in [2.75, 3.05) is 5.32 Å². The van der Waals surface area contributed by atoms with Gasteiger partial charge in [-0.2, -0.15) is 5.10 Å². The molecule has 6 heteroatoms. The number of halogens is 2. The number of carbonyl (C=O) groups is 1. The Balaban J connectivity index is 1.90. The first-order valence-electron chi connectivity index (χ1n) is 5.84. The summed E-state index contributed by atoms with van der Waals surface area (Å²) in [6.07, 6.45) is 0. The number of H-pyrrole nitrogens is 1. The SMILES string of the molecule is O=C(Nc1n[nH]c2ccccc12)c1ccc(F)c(Cl)c1. The summed E-state index contributed by atoms with van der Waals surface area (Å²) in [5.41, 5.74) is 1.09. The Kier molecular flexibility index (Phi) is 3.12. The summed E-state index contributed by atoms with van der Waals surface area (Å²) in [6.45, 7) is 0. The Morgan fingerprint density at radius 3 is 2.85 bits per heavy atom. The summed E-state index contributed by atoms with van der Waals surface area (Å²) >= 11 is 5.66. The van der Waals surface area contributed by atoms with E-state index in [9.17, 15) is 9.18 Å². The highest BCUT2D eigenvalue weighted by Gasteiger charge is 2.12. The van der Waals surface area contributed by atoms with Crippen molar-refractivity contribution in [3.63, 3.8) is 0 Å². The standard InChI is InChI=1S/C14H9ClFN3O/c15-10-7-8(5-6-11(10)16)14(20)17-13-9-3-1-2-4-12(9)18-19-13/h1-7H,(H2,17,18,19,20). The molecule has 0 aliphatic heterocycles. The van der Waals surface area contributed by atoms with Crippen molar-refractivity contribution < 1.29 is 9.18 Å². The molecule has 0 unspecified atom stereocenters. The molecule has 100 valence electrons. The molecule has 1 heterocycles. The Bertz CT molecular complexity index is 800. The van der Waals surface area contributed by atoms with Gasteiger partial charge in [0.05, 0.1) is 10.5 Å². The third-order valence-electron chi connectivity index (χ3n) is 2.88. The van der Waals surface area contributed by atoms with E-state index in [1.54, 1.807) is 0 Å². The Morgan fingerprint density at radius 2 is 2.05 bits per heavy atom. The minimum absolute atomic E-state index is 0.0930. The maximum atomic E-state index is 13.1. The van der Waals surface area contributed by atoms with Crippen LogP contribution in [0.1, 0.15) is 10.4 Å². The third kappa shape index (κ3) is 2.23. The molecule has 2 N–H and O–H groups in total. The molecule has 2 aromatic carbocycles. The van der Waals surface area contributed by atoms with Crippen LogP contribution in [0.2, 0.25) is 5.02 Å². The van der Waals surface area contributed by atoms with Crippen molar-refractivity contribution in [2.45, 2.75) is 0 Å². The molecule has 0 atom stereocenters. The summed E-state index contributed by atoms with van der Waals surface area (Å²) in [5.74, 6) is -0.538. The third-order valence-corrected chi connectivity index (χ3v) is 3.17. The van der Waals surface area contributed by atoms with Crippen molar-refractivity contribution in [3.8, 4) is 0 Å². The van der Waals surface area contributed by atoms with Gasteiger partial charge in [0, 0.05) is 10.9 Å². The second kappa shape index (κ2) is 4.94. The number of rotatable bonds is 2. The number of hydrogen-bond acceptors (Lipinski definition) is 2. The molecule has 1 aromatic heterocycles. The molecule has 0 radical (unpaired) electrons. The number of para-hydroxylation sites is 1. The van der Waals surface area contributed by atoms with Gasteiger partial charge in [-0.25, -0.2) is 4.39 Å². The normalized spacial score (nSPS) is 10.7. The second-order valence-electron chi connectivity index (χ2n) is 4.20. The summed E-state index contributed by atoms with van der Waals surface area (Å²) in [4.78, 5) is 12.1. The van der Waals surface area contributed by atoms with Crippen LogP contribution in [-0.4, -0.2) is 16.1 Å². The van der Waals surface area contributed by atoms with E-state index in [-0.39, 0.29) is 10.6 Å². The van der Waals surface area contributed by atoms with Crippen molar-refractivity contribution >= 4 is 34.2 Å². The Morgan fingerprint density at radius 1 is 1.25 bits per heavy atom. The van der Waals surface area contributed by atoms with E-state index < -0.39 is 11.7 Å². The number of hydrogen-bond donors (Lipinski definition) is 2. The lowest BCUT2D eigenvalue weighted by atomic mass is 10.2. The number of fused-ring (bicyclic) bond motifs is 1. The maximum Gasteiger partial charge on any atom is 0.256 e. The number of nitrogens with zero attached hydrogens (tertiary/aromatic N) is 1. The van der Waals surface area contributed by atoms with Gasteiger partial charge in [0.2, 0.25) is 0 Å². The van der Waals surface area contributed by atoms with E-state index in [1.165, 1.54) is 12.1 Å². The van der Waals surface area contributed by atoms with Crippen LogP contribution >= 0.6 is 11.6 Å². The molecule has 0 aliphatic carbocycles. The first kappa shape index (κ1) is 12.6. The quantitative estimate of drug-likeness (QED) is 0.757. The number of aromatic amines is 1. The van der Waals surface area contributed by atoms with E-state index in [0.29, 0.717) is 5.82 Å². The van der Waals surface area contributed by atoms with Crippen molar-refractivity contribution in [1.82, 2.24) is 10.2 Å². The monoisotopic (exact) mass is 289 g/mol. The molecule has 20 heavy (non-hydrogen) atoms. The van der Waals surface area contributed by atoms with Crippen molar-refractivity contribution in [2.24, 2.45) is 0 Å². The van der Waals surface area contributed by atoms with Crippen molar-refractivity contribution in [3.05, 3.63) is 58.9 Å². The molecule has 0 saturated heterocycles. The zero-order chi connectivity index (χ0) is 14.1. The molecule has 3 aromatic rings. The van der Waals surface area contributed by atoms with Gasteiger partial charge in [0.15, 0.2) is 5.82 Å². The highest BCUT2D eigenvalue weighted by molar-refractivity contribution is 6.31. The summed E-state index contributed by atoms with van der Waals surface area (Å²) in [5, 5.41) is 10.2. The largest absolute Gasteiger partial charge is 0.305 e. The highest BCUT2D eigenvalue weighted by Crippen LogP contribution is 2.21. The lowest BCUT2D eigenvalue weighted by Crippen LogP contribution is -2.12. The second-order valence-corrected chi connectivity index (χ2v) is 4.61. The first-order chi connectivity index (χ1) is 9.65. The van der Waals surface area contributed by atoms with Crippen LogP contribution in [0.3, 0.4) is 0 Å². The minimum atomic E-state index is -0.562.